The predicted molar refractivity (Wildman–Crippen MR) is 86.4 cm³/mol. The van der Waals surface area contributed by atoms with Gasteiger partial charge in [-0.2, -0.15) is 0 Å². The summed E-state index contributed by atoms with van der Waals surface area (Å²) in [4.78, 5) is 4.66. The van der Waals surface area contributed by atoms with Crippen molar-refractivity contribution in [1.29, 1.82) is 0 Å². The first kappa shape index (κ1) is 16.1. The number of methoxy groups -OCH3 is 1. The Hall–Kier alpha value is -1.26. The van der Waals surface area contributed by atoms with Gasteiger partial charge in [0.2, 0.25) is 0 Å². The third kappa shape index (κ3) is 4.11. The van der Waals surface area contributed by atoms with Crippen molar-refractivity contribution in [3.05, 3.63) is 24.0 Å². The molecule has 0 aliphatic rings. The number of alkyl halides is 1. The molecule has 0 radical (unpaired) electrons. The van der Waals surface area contributed by atoms with E-state index in [0.29, 0.717) is 18.4 Å². The summed E-state index contributed by atoms with van der Waals surface area (Å²) in [5.41, 5.74) is 2.04. The molecule has 0 aliphatic heterocycles. The molecule has 2 aromatic rings. The molecule has 0 spiro atoms. The second-order valence-electron chi connectivity index (χ2n) is 5.44. The quantitative estimate of drug-likeness (QED) is 0.553. The van der Waals surface area contributed by atoms with Crippen LogP contribution in [0.25, 0.3) is 11.0 Å². The zero-order chi connectivity index (χ0) is 15.2. The number of fused-ring (bicyclic) bond motifs is 1. The van der Waals surface area contributed by atoms with Crippen molar-refractivity contribution in [2.45, 2.75) is 26.8 Å². The van der Waals surface area contributed by atoms with Gasteiger partial charge in [0.1, 0.15) is 11.6 Å². The molecule has 0 bridgehead atoms. The summed E-state index contributed by atoms with van der Waals surface area (Å²) in [6.45, 7) is 6.53. The number of halogens is 1. The minimum absolute atomic E-state index is 0.548. The van der Waals surface area contributed by atoms with Crippen molar-refractivity contribution in [2.75, 3.05) is 26.2 Å². The van der Waals surface area contributed by atoms with Crippen LogP contribution in [0.3, 0.4) is 0 Å². The fraction of sp³-hybridized carbons (Fsp3) is 0.562. The summed E-state index contributed by atoms with van der Waals surface area (Å²) < 4.78 is 13.2. The van der Waals surface area contributed by atoms with Gasteiger partial charge in [-0.05, 0) is 18.1 Å². The largest absolute Gasteiger partial charge is 0.497 e. The van der Waals surface area contributed by atoms with Gasteiger partial charge in [-0.3, -0.25) is 0 Å². The lowest BCUT2D eigenvalue weighted by molar-refractivity contribution is 0.103. The summed E-state index contributed by atoms with van der Waals surface area (Å²) in [7, 11) is 1.67. The van der Waals surface area contributed by atoms with E-state index < -0.39 is 0 Å². The first-order valence-corrected chi connectivity index (χ1v) is 7.86. The fourth-order valence-electron chi connectivity index (χ4n) is 2.28. The Kier molecular flexibility index (Phi) is 5.88. The van der Waals surface area contributed by atoms with E-state index in [1.54, 1.807) is 7.11 Å². The van der Waals surface area contributed by atoms with Crippen LogP contribution in [-0.4, -0.2) is 35.8 Å². The maximum absolute atomic E-state index is 5.89. The molecule has 2 rings (SSSR count). The number of aromatic nitrogens is 2. The van der Waals surface area contributed by atoms with E-state index in [1.165, 1.54) is 0 Å². The zero-order valence-electron chi connectivity index (χ0n) is 12.9. The molecular formula is C16H23ClN2O2. The summed E-state index contributed by atoms with van der Waals surface area (Å²) in [5, 5.41) is 0. The van der Waals surface area contributed by atoms with Gasteiger partial charge >= 0.3 is 0 Å². The van der Waals surface area contributed by atoms with Gasteiger partial charge in [-0.15, -0.1) is 11.6 Å². The molecule has 0 fully saturated rings. The molecular weight excluding hydrogens is 288 g/mol. The number of benzene rings is 1. The third-order valence-electron chi connectivity index (χ3n) is 3.26. The zero-order valence-corrected chi connectivity index (χ0v) is 13.7. The minimum Gasteiger partial charge on any atom is -0.497 e. The molecule has 0 unspecified atom stereocenters. The maximum atomic E-state index is 5.89. The van der Waals surface area contributed by atoms with E-state index >= 15 is 0 Å². The maximum Gasteiger partial charge on any atom is 0.121 e. The molecule has 1 aromatic heterocycles. The highest BCUT2D eigenvalue weighted by Crippen LogP contribution is 2.22. The van der Waals surface area contributed by atoms with Crippen LogP contribution in [0.2, 0.25) is 0 Å². The molecule has 0 amide bonds. The van der Waals surface area contributed by atoms with Gasteiger partial charge in [0.05, 0.1) is 24.8 Å². The second-order valence-corrected chi connectivity index (χ2v) is 5.82. The van der Waals surface area contributed by atoms with E-state index in [9.17, 15) is 0 Å². The van der Waals surface area contributed by atoms with Crippen LogP contribution < -0.4 is 4.74 Å². The first-order valence-electron chi connectivity index (χ1n) is 7.32. The summed E-state index contributed by atoms with van der Waals surface area (Å²) in [6, 6.07) is 5.93. The number of rotatable bonds is 8. The van der Waals surface area contributed by atoms with Gasteiger partial charge in [0, 0.05) is 31.5 Å². The summed E-state index contributed by atoms with van der Waals surface area (Å²) in [6.07, 6.45) is 0.753. The van der Waals surface area contributed by atoms with Crippen molar-refractivity contribution in [3.8, 4) is 5.75 Å². The molecule has 4 nitrogen and oxygen atoms in total. The lowest BCUT2D eigenvalue weighted by atomic mass is 10.2. The average Bonchev–Trinajstić information content (AvgIpc) is 2.80. The van der Waals surface area contributed by atoms with Crippen LogP contribution in [0.4, 0.5) is 0 Å². The van der Waals surface area contributed by atoms with Crippen LogP contribution in [0, 0.1) is 5.92 Å². The Morgan fingerprint density at radius 1 is 1.33 bits per heavy atom. The van der Waals surface area contributed by atoms with E-state index in [0.717, 1.165) is 42.2 Å². The Bertz CT molecular complexity index is 581. The Morgan fingerprint density at radius 2 is 2.14 bits per heavy atom. The van der Waals surface area contributed by atoms with Crippen LogP contribution in [0.5, 0.6) is 5.75 Å². The average molecular weight is 311 g/mol. The number of hydrogen-bond acceptors (Lipinski definition) is 3. The van der Waals surface area contributed by atoms with Gasteiger partial charge in [-0.1, -0.05) is 13.8 Å². The molecule has 116 valence electrons. The molecule has 0 N–H and O–H groups in total. The molecule has 5 heteroatoms. The van der Waals surface area contributed by atoms with Gasteiger partial charge < -0.3 is 14.0 Å². The van der Waals surface area contributed by atoms with Gasteiger partial charge in [-0.25, -0.2) is 4.98 Å². The first-order chi connectivity index (χ1) is 10.2. The molecule has 1 heterocycles. The highest BCUT2D eigenvalue weighted by molar-refractivity contribution is 6.17. The van der Waals surface area contributed by atoms with Crippen LogP contribution in [0.1, 0.15) is 19.7 Å². The lowest BCUT2D eigenvalue weighted by Crippen LogP contribution is -2.12. The smallest absolute Gasteiger partial charge is 0.121 e. The van der Waals surface area contributed by atoms with Crippen molar-refractivity contribution < 1.29 is 9.47 Å². The lowest BCUT2D eigenvalue weighted by Gasteiger charge is -2.11. The number of imidazole rings is 1. The van der Waals surface area contributed by atoms with Crippen molar-refractivity contribution >= 4 is 22.6 Å². The van der Waals surface area contributed by atoms with Crippen LogP contribution in [-0.2, 0) is 17.7 Å². The number of aryl methyl sites for hydroxylation is 1. The molecule has 0 saturated heterocycles. The predicted octanol–water partition coefficient (Wildman–Crippen LogP) is 3.50. The SMILES string of the molecule is COc1ccc2nc(CCCl)n(CCOCC(C)C)c2c1. The molecule has 0 aliphatic carbocycles. The topological polar surface area (TPSA) is 36.3 Å². The normalized spacial score (nSPS) is 11.5. The Balaban J connectivity index is 2.22. The van der Waals surface area contributed by atoms with Crippen LogP contribution in [0.15, 0.2) is 18.2 Å². The van der Waals surface area contributed by atoms with E-state index in [-0.39, 0.29) is 0 Å². The monoisotopic (exact) mass is 310 g/mol. The Labute approximate surface area is 131 Å². The van der Waals surface area contributed by atoms with Crippen LogP contribution >= 0.6 is 11.6 Å². The van der Waals surface area contributed by atoms with Gasteiger partial charge in [0.15, 0.2) is 0 Å². The van der Waals surface area contributed by atoms with Gasteiger partial charge in [0.25, 0.3) is 0 Å². The molecule has 0 saturated carbocycles. The number of nitrogens with zero attached hydrogens (tertiary/aromatic N) is 2. The Morgan fingerprint density at radius 3 is 2.81 bits per heavy atom. The molecule has 0 atom stereocenters. The minimum atomic E-state index is 0.548. The van der Waals surface area contributed by atoms with E-state index in [1.807, 2.05) is 18.2 Å². The highest BCUT2D eigenvalue weighted by Gasteiger charge is 2.11. The van der Waals surface area contributed by atoms with Crippen molar-refractivity contribution in [3.63, 3.8) is 0 Å². The molecule has 1 aromatic carbocycles. The molecule has 21 heavy (non-hydrogen) atoms. The third-order valence-corrected chi connectivity index (χ3v) is 3.45. The second kappa shape index (κ2) is 7.66. The van der Waals surface area contributed by atoms with E-state index in [4.69, 9.17) is 21.1 Å². The van der Waals surface area contributed by atoms with Crippen molar-refractivity contribution in [1.82, 2.24) is 9.55 Å². The van der Waals surface area contributed by atoms with Crippen molar-refractivity contribution in [2.24, 2.45) is 5.92 Å². The number of ether oxygens (including phenoxy) is 2. The summed E-state index contributed by atoms with van der Waals surface area (Å²) in [5.74, 6) is 2.95. The standard InChI is InChI=1S/C16H23ClN2O2/c1-12(2)11-21-9-8-19-15-10-13(20-3)4-5-14(15)18-16(19)6-7-17/h4-5,10,12H,6-9,11H2,1-3H3. The van der Waals surface area contributed by atoms with E-state index in [2.05, 4.69) is 23.4 Å². The fourth-order valence-corrected chi connectivity index (χ4v) is 2.45. The number of hydrogen-bond donors (Lipinski definition) is 0. The highest BCUT2D eigenvalue weighted by atomic mass is 35.5. The summed E-state index contributed by atoms with van der Waals surface area (Å²) >= 11 is 5.89.